The van der Waals surface area contributed by atoms with E-state index >= 15 is 0 Å². The van der Waals surface area contributed by atoms with E-state index in [2.05, 4.69) is 12.3 Å². The van der Waals surface area contributed by atoms with Crippen molar-refractivity contribution >= 4 is 22.9 Å². The largest absolute Gasteiger partial charge is 0.328 e. The van der Waals surface area contributed by atoms with Gasteiger partial charge in [-0.25, -0.2) is 0 Å². The first-order valence-electron chi connectivity index (χ1n) is 5.70. The van der Waals surface area contributed by atoms with Crippen molar-refractivity contribution in [3.63, 3.8) is 0 Å². The molecular weight excluding hydrogens is 226 g/mol. The molecule has 1 fully saturated rings. The van der Waals surface area contributed by atoms with E-state index in [9.17, 15) is 0 Å². The van der Waals surface area contributed by atoms with E-state index in [0.29, 0.717) is 12.0 Å². The first-order valence-corrected chi connectivity index (χ1v) is 6.96. The molecule has 3 unspecified atom stereocenters. The summed E-state index contributed by atoms with van der Waals surface area (Å²) < 4.78 is 0. The predicted octanol–water partition coefficient (Wildman–Crippen LogP) is 4.02. The molecule has 0 aliphatic heterocycles. The molecule has 15 heavy (non-hydrogen) atoms. The predicted molar refractivity (Wildman–Crippen MR) is 67.7 cm³/mol. The summed E-state index contributed by atoms with van der Waals surface area (Å²) in [6.07, 6.45) is 4.79. The summed E-state index contributed by atoms with van der Waals surface area (Å²) in [6, 6.07) is 2.38. The maximum absolute atomic E-state index is 6.21. The van der Waals surface area contributed by atoms with Gasteiger partial charge < -0.3 is 5.73 Å². The Morgan fingerprint density at radius 1 is 1.53 bits per heavy atom. The highest BCUT2D eigenvalue weighted by molar-refractivity contribution is 7.10. The Morgan fingerprint density at radius 3 is 2.93 bits per heavy atom. The molecule has 0 spiro atoms. The van der Waals surface area contributed by atoms with Gasteiger partial charge in [-0.15, -0.1) is 11.3 Å². The van der Waals surface area contributed by atoms with Gasteiger partial charge in [-0.05, 0) is 42.5 Å². The lowest BCUT2D eigenvalue weighted by Crippen LogP contribution is -2.31. The van der Waals surface area contributed by atoms with E-state index in [4.69, 9.17) is 17.3 Å². The number of halogens is 1. The molecule has 1 aliphatic carbocycles. The number of nitrogens with two attached hydrogens (primary N) is 1. The van der Waals surface area contributed by atoms with Crippen LogP contribution in [0, 0.1) is 5.92 Å². The zero-order valence-corrected chi connectivity index (χ0v) is 10.7. The first kappa shape index (κ1) is 11.4. The SMILES string of the molecule is CCC1CCC(N)CC1c1sccc1Cl. The van der Waals surface area contributed by atoms with Crippen LogP contribution in [0.25, 0.3) is 0 Å². The fourth-order valence-electron chi connectivity index (χ4n) is 2.65. The van der Waals surface area contributed by atoms with Gasteiger partial charge in [-0.3, -0.25) is 0 Å². The molecule has 1 heterocycles. The third-order valence-electron chi connectivity index (χ3n) is 3.54. The van der Waals surface area contributed by atoms with Crippen molar-refractivity contribution in [2.45, 2.75) is 44.6 Å². The Balaban J connectivity index is 2.20. The molecule has 0 radical (unpaired) electrons. The molecule has 3 heteroatoms. The van der Waals surface area contributed by atoms with E-state index in [1.54, 1.807) is 11.3 Å². The minimum absolute atomic E-state index is 0.371. The second-order valence-corrected chi connectivity index (χ2v) is 5.84. The molecule has 1 nitrogen and oxygen atoms in total. The van der Waals surface area contributed by atoms with Gasteiger partial charge in [0.2, 0.25) is 0 Å². The van der Waals surface area contributed by atoms with Crippen LogP contribution in [0.1, 0.15) is 43.4 Å². The monoisotopic (exact) mass is 243 g/mol. The fraction of sp³-hybridized carbons (Fsp3) is 0.667. The standard InChI is InChI=1S/C12H18ClNS/c1-2-8-3-4-9(14)7-10(8)12-11(13)5-6-15-12/h5-6,8-10H,2-4,7,14H2,1H3. The molecule has 1 aromatic heterocycles. The van der Waals surface area contributed by atoms with Crippen molar-refractivity contribution < 1.29 is 0 Å². The highest BCUT2D eigenvalue weighted by atomic mass is 35.5. The van der Waals surface area contributed by atoms with E-state index in [1.165, 1.54) is 24.1 Å². The molecule has 1 aliphatic rings. The van der Waals surface area contributed by atoms with Crippen LogP contribution in [-0.2, 0) is 0 Å². The third kappa shape index (κ3) is 2.38. The molecule has 2 rings (SSSR count). The molecule has 2 N–H and O–H groups in total. The van der Waals surface area contributed by atoms with Crippen LogP contribution in [0.2, 0.25) is 5.02 Å². The summed E-state index contributed by atoms with van der Waals surface area (Å²) in [5.74, 6) is 1.38. The Hall–Kier alpha value is -0.0500. The lowest BCUT2D eigenvalue weighted by molar-refractivity contribution is 0.276. The van der Waals surface area contributed by atoms with E-state index in [-0.39, 0.29) is 0 Å². The molecule has 1 aromatic rings. The molecule has 3 atom stereocenters. The van der Waals surface area contributed by atoms with Gasteiger partial charge in [0, 0.05) is 10.9 Å². The van der Waals surface area contributed by atoms with Gasteiger partial charge >= 0.3 is 0 Å². The number of hydrogen-bond donors (Lipinski definition) is 1. The lowest BCUT2D eigenvalue weighted by Gasteiger charge is -2.34. The van der Waals surface area contributed by atoms with Gasteiger partial charge in [0.1, 0.15) is 0 Å². The average Bonchev–Trinajstić information content (AvgIpc) is 2.64. The van der Waals surface area contributed by atoms with Gasteiger partial charge in [-0.1, -0.05) is 24.9 Å². The van der Waals surface area contributed by atoms with Crippen LogP contribution in [0.4, 0.5) is 0 Å². The van der Waals surface area contributed by atoms with E-state index < -0.39 is 0 Å². The average molecular weight is 244 g/mol. The second kappa shape index (κ2) is 4.86. The number of thiophene rings is 1. The van der Waals surface area contributed by atoms with Crippen molar-refractivity contribution in [3.8, 4) is 0 Å². The maximum atomic E-state index is 6.21. The molecule has 0 saturated heterocycles. The van der Waals surface area contributed by atoms with Gasteiger partial charge in [0.15, 0.2) is 0 Å². The zero-order chi connectivity index (χ0) is 10.8. The molecule has 0 aromatic carbocycles. The van der Waals surface area contributed by atoms with Gasteiger partial charge in [0.05, 0.1) is 5.02 Å². The fourth-order valence-corrected chi connectivity index (χ4v) is 4.05. The van der Waals surface area contributed by atoms with Crippen LogP contribution < -0.4 is 5.73 Å². The quantitative estimate of drug-likeness (QED) is 0.834. The molecular formula is C12H18ClNS. The lowest BCUT2D eigenvalue weighted by atomic mass is 9.75. The molecule has 1 saturated carbocycles. The molecule has 84 valence electrons. The topological polar surface area (TPSA) is 26.0 Å². The highest BCUT2D eigenvalue weighted by Gasteiger charge is 2.30. The normalized spacial score (nSPS) is 31.8. The van der Waals surface area contributed by atoms with Crippen LogP contribution >= 0.6 is 22.9 Å². The summed E-state index contributed by atoms with van der Waals surface area (Å²) in [6.45, 7) is 2.27. The number of rotatable bonds is 2. The molecule has 0 bridgehead atoms. The van der Waals surface area contributed by atoms with E-state index in [0.717, 1.165) is 17.4 Å². The first-order chi connectivity index (χ1) is 7.22. The van der Waals surface area contributed by atoms with Crippen LogP contribution in [0.5, 0.6) is 0 Å². The zero-order valence-electron chi connectivity index (χ0n) is 9.08. The Morgan fingerprint density at radius 2 is 2.33 bits per heavy atom. The van der Waals surface area contributed by atoms with Crippen LogP contribution in [0.15, 0.2) is 11.4 Å². The Bertz CT molecular complexity index is 323. The number of hydrogen-bond acceptors (Lipinski definition) is 2. The van der Waals surface area contributed by atoms with Gasteiger partial charge in [-0.2, -0.15) is 0 Å². The smallest absolute Gasteiger partial charge is 0.0547 e. The minimum atomic E-state index is 0.371. The summed E-state index contributed by atoms with van der Waals surface area (Å²) in [5.41, 5.74) is 6.06. The van der Waals surface area contributed by atoms with E-state index in [1.807, 2.05) is 6.07 Å². The maximum Gasteiger partial charge on any atom is 0.0547 e. The van der Waals surface area contributed by atoms with Crippen molar-refractivity contribution in [2.75, 3.05) is 0 Å². The Labute approximate surface area is 101 Å². The second-order valence-electron chi connectivity index (χ2n) is 4.48. The summed E-state index contributed by atoms with van der Waals surface area (Å²) in [7, 11) is 0. The molecule has 0 amide bonds. The van der Waals surface area contributed by atoms with Crippen molar-refractivity contribution in [3.05, 3.63) is 21.3 Å². The van der Waals surface area contributed by atoms with Crippen molar-refractivity contribution in [1.82, 2.24) is 0 Å². The highest BCUT2D eigenvalue weighted by Crippen LogP contribution is 2.43. The van der Waals surface area contributed by atoms with Crippen LogP contribution in [-0.4, -0.2) is 6.04 Å². The van der Waals surface area contributed by atoms with Gasteiger partial charge in [0.25, 0.3) is 0 Å². The summed E-state index contributed by atoms with van der Waals surface area (Å²) in [4.78, 5) is 1.36. The van der Waals surface area contributed by atoms with Crippen molar-refractivity contribution in [2.24, 2.45) is 11.7 Å². The van der Waals surface area contributed by atoms with Crippen molar-refractivity contribution in [1.29, 1.82) is 0 Å². The third-order valence-corrected chi connectivity index (χ3v) is 5.03. The minimum Gasteiger partial charge on any atom is -0.328 e. The summed E-state index contributed by atoms with van der Waals surface area (Å²) >= 11 is 8.00. The Kier molecular flexibility index (Phi) is 3.70. The summed E-state index contributed by atoms with van der Waals surface area (Å²) in [5, 5.41) is 3.03. The van der Waals surface area contributed by atoms with Crippen LogP contribution in [0.3, 0.4) is 0 Å².